The number of urea groups is 1. The number of amides is 2. The molecule has 1 aromatic rings. The van der Waals surface area contributed by atoms with Crippen LogP contribution in [-0.4, -0.2) is 34.2 Å². The molecule has 2 N–H and O–H groups in total. The minimum Gasteiger partial charge on any atom is -0.390 e. The second kappa shape index (κ2) is 4.97. The predicted octanol–water partition coefficient (Wildman–Crippen LogP) is 3.01. The van der Waals surface area contributed by atoms with Crippen molar-refractivity contribution in [1.82, 2.24) is 10.2 Å². The topological polar surface area (TPSA) is 52.6 Å². The van der Waals surface area contributed by atoms with Crippen LogP contribution in [0, 0.1) is 23.6 Å². The van der Waals surface area contributed by atoms with Crippen LogP contribution in [0.5, 0.6) is 0 Å². The Kier molecular flexibility index (Phi) is 3.10. The molecule has 4 aliphatic carbocycles. The van der Waals surface area contributed by atoms with Crippen LogP contribution < -0.4 is 5.32 Å². The third-order valence-electron chi connectivity index (χ3n) is 7.27. The molecule has 134 valence electrons. The smallest absolute Gasteiger partial charge is 0.318 e. The molecule has 1 aromatic carbocycles. The molecule has 2 amide bonds. The molecule has 5 heteroatoms. The van der Waals surface area contributed by atoms with Gasteiger partial charge >= 0.3 is 6.03 Å². The van der Waals surface area contributed by atoms with E-state index < -0.39 is 11.1 Å². The van der Waals surface area contributed by atoms with E-state index in [0.29, 0.717) is 24.3 Å². The zero-order valence-electron chi connectivity index (χ0n) is 14.5. The van der Waals surface area contributed by atoms with Crippen molar-refractivity contribution in [3.63, 3.8) is 0 Å². The Hall–Kier alpha value is -1.62. The first-order valence-electron chi connectivity index (χ1n) is 9.44. The van der Waals surface area contributed by atoms with Crippen LogP contribution in [0.25, 0.3) is 0 Å². The molecule has 5 fully saturated rings. The molecule has 4 nitrogen and oxygen atoms in total. The lowest BCUT2D eigenvalue weighted by Gasteiger charge is -2.61. The van der Waals surface area contributed by atoms with Gasteiger partial charge in [0.15, 0.2) is 0 Å². The lowest BCUT2D eigenvalue weighted by molar-refractivity contribution is -0.160. The molecule has 1 aliphatic heterocycles. The van der Waals surface area contributed by atoms with E-state index in [1.165, 1.54) is 6.07 Å². The lowest BCUT2D eigenvalue weighted by Crippen LogP contribution is -2.64. The fourth-order valence-corrected chi connectivity index (χ4v) is 6.55. The molecule has 3 atom stereocenters. The van der Waals surface area contributed by atoms with Gasteiger partial charge < -0.3 is 15.3 Å². The number of hydrogen-bond donors (Lipinski definition) is 2. The molecule has 4 saturated carbocycles. The Balaban J connectivity index is 1.54. The van der Waals surface area contributed by atoms with E-state index in [0.717, 1.165) is 37.7 Å². The molecule has 1 saturated heterocycles. The van der Waals surface area contributed by atoms with Crippen molar-refractivity contribution >= 4 is 6.03 Å². The number of rotatable bonds is 2. The fraction of sp³-hybridized carbons (Fsp3) is 0.650. The number of aliphatic hydroxyl groups is 1. The molecule has 4 bridgehead atoms. The molecule has 6 rings (SSSR count). The van der Waals surface area contributed by atoms with Crippen LogP contribution in [-0.2, 0) is 5.54 Å². The Morgan fingerprint density at radius 1 is 1.24 bits per heavy atom. The largest absolute Gasteiger partial charge is 0.390 e. The van der Waals surface area contributed by atoms with Crippen molar-refractivity contribution in [2.75, 3.05) is 6.54 Å². The molecule has 0 aromatic heterocycles. The number of carbonyl (C=O) groups excluding carboxylic acids is 1. The van der Waals surface area contributed by atoms with Gasteiger partial charge in [0.05, 0.1) is 11.1 Å². The third-order valence-corrected chi connectivity index (χ3v) is 7.27. The summed E-state index contributed by atoms with van der Waals surface area (Å²) >= 11 is 0. The zero-order chi connectivity index (χ0) is 17.4. The van der Waals surface area contributed by atoms with Gasteiger partial charge in [0.1, 0.15) is 5.82 Å². The fourth-order valence-electron chi connectivity index (χ4n) is 6.55. The van der Waals surface area contributed by atoms with Crippen LogP contribution in [0.1, 0.15) is 44.6 Å². The normalized spacial score (nSPS) is 45.1. The number of carbonyl (C=O) groups is 1. The van der Waals surface area contributed by atoms with Crippen molar-refractivity contribution in [3.8, 4) is 0 Å². The monoisotopic (exact) mass is 344 g/mol. The van der Waals surface area contributed by atoms with E-state index in [2.05, 4.69) is 5.32 Å². The molecule has 5 aliphatic rings. The number of nitrogens with zero attached hydrogens (tertiary/aromatic N) is 1. The van der Waals surface area contributed by atoms with Crippen LogP contribution >= 0.6 is 0 Å². The summed E-state index contributed by atoms with van der Waals surface area (Å²) in [5.74, 6) is 1.04. The van der Waals surface area contributed by atoms with Gasteiger partial charge in [0, 0.05) is 12.6 Å². The Morgan fingerprint density at radius 2 is 1.96 bits per heavy atom. The third kappa shape index (κ3) is 2.17. The van der Waals surface area contributed by atoms with E-state index in [9.17, 15) is 14.3 Å². The van der Waals surface area contributed by atoms with Crippen molar-refractivity contribution in [3.05, 3.63) is 35.6 Å². The first kappa shape index (κ1) is 15.6. The SMILES string of the molecule is CC1(c2cccc(F)c2)CNC(=O)N1C1C2CC3CC1CC(O)(C3)C2. The maximum Gasteiger partial charge on any atom is 0.318 e. The summed E-state index contributed by atoms with van der Waals surface area (Å²) < 4.78 is 13.8. The molecule has 0 radical (unpaired) electrons. The predicted molar refractivity (Wildman–Crippen MR) is 91.3 cm³/mol. The van der Waals surface area contributed by atoms with Gasteiger partial charge in [0.2, 0.25) is 0 Å². The Bertz CT molecular complexity index is 722. The molecular weight excluding hydrogens is 319 g/mol. The maximum atomic E-state index is 13.8. The highest BCUT2D eigenvalue weighted by Gasteiger charge is 2.60. The van der Waals surface area contributed by atoms with E-state index in [1.807, 2.05) is 17.9 Å². The van der Waals surface area contributed by atoms with Crippen LogP contribution in [0.15, 0.2) is 24.3 Å². The van der Waals surface area contributed by atoms with E-state index in [4.69, 9.17) is 0 Å². The van der Waals surface area contributed by atoms with Gasteiger partial charge in [-0.25, -0.2) is 9.18 Å². The highest BCUT2D eigenvalue weighted by Crippen LogP contribution is 2.58. The van der Waals surface area contributed by atoms with Gasteiger partial charge in [0.25, 0.3) is 0 Å². The van der Waals surface area contributed by atoms with Gasteiger partial charge in [-0.05, 0) is 74.5 Å². The first-order valence-corrected chi connectivity index (χ1v) is 9.44. The standard InChI is InChI=1S/C20H25FN2O2/c1-19(15-3-2-4-16(21)7-15)11-22-18(24)23(19)17-13-5-12-6-14(17)10-20(25,8-12)9-13/h2-4,7,12-14,17,25H,5-6,8-11H2,1H3,(H,22,24). The minimum atomic E-state index is -0.540. The summed E-state index contributed by atoms with van der Waals surface area (Å²) in [5.41, 5.74) is -0.210. The quantitative estimate of drug-likeness (QED) is 0.866. The van der Waals surface area contributed by atoms with E-state index in [-0.39, 0.29) is 17.9 Å². The van der Waals surface area contributed by atoms with Crippen molar-refractivity contribution in [2.24, 2.45) is 17.8 Å². The minimum absolute atomic E-state index is 0.0452. The van der Waals surface area contributed by atoms with Crippen molar-refractivity contribution < 1.29 is 14.3 Å². The first-order chi connectivity index (χ1) is 11.9. The summed E-state index contributed by atoms with van der Waals surface area (Å²) in [6.45, 7) is 2.54. The van der Waals surface area contributed by atoms with Crippen LogP contribution in [0.2, 0.25) is 0 Å². The highest BCUT2D eigenvalue weighted by atomic mass is 19.1. The number of benzene rings is 1. The maximum absolute atomic E-state index is 13.8. The second-order valence-electron chi connectivity index (χ2n) is 9.00. The zero-order valence-corrected chi connectivity index (χ0v) is 14.5. The van der Waals surface area contributed by atoms with E-state index >= 15 is 0 Å². The Morgan fingerprint density at radius 3 is 2.60 bits per heavy atom. The molecule has 1 heterocycles. The van der Waals surface area contributed by atoms with Crippen LogP contribution in [0.4, 0.5) is 9.18 Å². The summed E-state index contributed by atoms with van der Waals surface area (Å²) in [6.07, 6.45) is 4.74. The summed E-state index contributed by atoms with van der Waals surface area (Å²) in [5, 5.41) is 13.8. The molecular formula is C20H25FN2O2. The highest BCUT2D eigenvalue weighted by molar-refractivity contribution is 5.79. The van der Waals surface area contributed by atoms with E-state index in [1.54, 1.807) is 12.1 Å². The summed E-state index contributed by atoms with van der Waals surface area (Å²) in [4.78, 5) is 14.8. The van der Waals surface area contributed by atoms with Gasteiger partial charge in [-0.15, -0.1) is 0 Å². The molecule has 0 spiro atoms. The average Bonchev–Trinajstić information content (AvgIpc) is 2.83. The number of hydrogen-bond acceptors (Lipinski definition) is 2. The molecule has 3 unspecified atom stereocenters. The number of halogens is 1. The van der Waals surface area contributed by atoms with Crippen LogP contribution in [0.3, 0.4) is 0 Å². The second-order valence-corrected chi connectivity index (χ2v) is 9.00. The van der Waals surface area contributed by atoms with Gasteiger partial charge in [-0.1, -0.05) is 12.1 Å². The summed E-state index contributed by atoms with van der Waals surface area (Å²) in [7, 11) is 0. The average molecular weight is 344 g/mol. The lowest BCUT2D eigenvalue weighted by atomic mass is 9.51. The Labute approximate surface area is 147 Å². The van der Waals surface area contributed by atoms with Gasteiger partial charge in [-0.2, -0.15) is 0 Å². The van der Waals surface area contributed by atoms with Gasteiger partial charge in [-0.3, -0.25) is 0 Å². The van der Waals surface area contributed by atoms with Crippen molar-refractivity contribution in [2.45, 2.75) is 56.2 Å². The van der Waals surface area contributed by atoms with Crippen molar-refractivity contribution in [1.29, 1.82) is 0 Å². The molecule has 25 heavy (non-hydrogen) atoms. The number of nitrogens with one attached hydrogen (secondary N) is 1. The summed E-state index contributed by atoms with van der Waals surface area (Å²) in [6, 6.07) is 6.73.